The van der Waals surface area contributed by atoms with Crippen molar-refractivity contribution in [3.8, 4) is 0 Å². The fourth-order valence-corrected chi connectivity index (χ4v) is 2.62. The summed E-state index contributed by atoms with van der Waals surface area (Å²) in [4.78, 5) is 13.2. The Morgan fingerprint density at radius 1 is 1.54 bits per heavy atom. The van der Waals surface area contributed by atoms with Gasteiger partial charge < -0.3 is 5.32 Å². The van der Waals surface area contributed by atoms with Gasteiger partial charge in [0.05, 0.1) is 6.54 Å². The maximum Gasteiger partial charge on any atom is 0.143 e. The maximum atomic E-state index is 10.9. The Bertz CT molecular complexity index is 209. The molecule has 2 fully saturated rings. The minimum atomic E-state index is 0.294. The molecule has 1 spiro atoms. The van der Waals surface area contributed by atoms with Crippen molar-refractivity contribution < 1.29 is 4.79 Å². The summed E-state index contributed by atoms with van der Waals surface area (Å²) in [5.74, 6) is 0.294. The zero-order valence-corrected chi connectivity index (χ0v) is 8.31. The molecule has 0 radical (unpaired) electrons. The Balaban J connectivity index is 1.89. The van der Waals surface area contributed by atoms with Crippen LogP contribution in [-0.4, -0.2) is 43.4 Å². The lowest BCUT2D eigenvalue weighted by Gasteiger charge is -2.22. The van der Waals surface area contributed by atoms with Crippen LogP contribution in [0.15, 0.2) is 0 Å². The van der Waals surface area contributed by atoms with E-state index in [4.69, 9.17) is 0 Å². The summed E-state index contributed by atoms with van der Waals surface area (Å²) in [7, 11) is 0. The summed E-state index contributed by atoms with van der Waals surface area (Å²) in [6.07, 6.45) is 2.56. The molecule has 1 N–H and O–H groups in total. The van der Waals surface area contributed by atoms with E-state index < -0.39 is 0 Å². The van der Waals surface area contributed by atoms with Gasteiger partial charge in [0, 0.05) is 13.1 Å². The first-order valence-corrected chi connectivity index (χ1v) is 5.13. The second-order valence-electron chi connectivity index (χ2n) is 4.59. The van der Waals surface area contributed by atoms with Gasteiger partial charge in [0.2, 0.25) is 0 Å². The molecule has 2 heterocycles. The van der Waals surface area contributed by atoms with Crippen LogP contribution in [0.2, 0.25) is 0 Å². The normalized spacial score (nSPS) is 34.5. The molecule has 0 amide bonds. The highest BCUT2D eigenvalue weighted by Crippen LogP contribution is 2.35. The third-order valence-electron chi connectivity index (χ3n) is 3.30. The zero-order chi connectivity index (χ0) is 9.31. The smallest absolute Gasteiger partial charge is 0.143 e. The van der Waals surface area contributed by atoms with Crippen molar-refractivity contribution in [1.29, 1.82) is 0 Å². The van der Waals surface area contributed by atoms with E-state index in [-0.39, 0.29) is 0 Å². The van der Waals surface area contributed by atoms with E-state index in [0.717, 1.165) is 26.2 Å². The number of ketones is 1. The lowest BCUT2D eigenvalue weighted by Crippen LogP contribution is -2.31. The average Bonchev–Trinajstić information content (AvgIpc) is 2.63. The minimum Gasteiger partial charge on any atom is -0.316 e. The first-order valence-electron chi connectivity index (χ1n) is 5.13. The van der Waals surface area contributed by atoms with Crippen LogP contribution in [0.25, 0.3) is 0 Å². The molecule has 0 bridgehead atoms. The Labute approximate surface area is 79.5 Å². The third kappa shape index (κ3) is 1.92. The molecule has 2 aliphatic heterocycles. The van der Waals surface area contributed by atoms with E-state index in [2.05, 4.69) is 10.2 Å². The van der Waals surface area contributed by atoms with Crippen LogP contribution in [0.1, 0.15) is 19.8 Å². The van der Waals surface area contributed by atoms with Gasteiger partial charge in [-0.2, -0.15) is 0 Å². The molecule has 2 rings (SSSR count). The van der Waals surface area contributed by atoms with Crippen LogP contribution in [0.5, 0.6) is 0 Å². The van der Waals surface area contributed by atoms with Gasteiger partial charge in [-0.15, -0.1) is 0 Å². The molecule has 0 aromatic heterocycles. The molecule has 74 valence electrons. The number of rotatable bonds is 2. The number of hydrogen-bond acceptors (Lipinski definition) is 3. The molecule has 1 atom stereocenters. The van der Waals surface area contributed by atoms with Gasteiger partial charge in [0.1, 0.15) is 5.78 Å². The van der Waals surface area contributed by atoms with Gasteiger partial charge in [0.25, 0.3) is 0 Å². The highest BCUT2D eigenvalue weighted by molar-refractivity contribution is 5.77. The average molecular weight is 182 g/mol. The molecule has 2 saturated heterocycles. The Hall–Kier alpha value is -0.410. The summed E-state index contributed by atoms with van der Waals surface area (Å²) < 4.78 is 0. The van der Waals surface area contributed by atoms with Crippen LogP contribution >= 0.6 is 0 Å². The molecular formula is C10H18N2O. The Morgan fingerprint density at radius 2 is 2.38 bits per heavy atom. The summed E-state index contributed by atoms with van der Waals surface area (Å²) in [6, 6.07) is 0. The third-order valence-corrected chi connectivity index (χ3v) is 3.30. The quantitative estimate of drug-likeness (QED) is 0.665. The van der Waals surface area contributed by atoms with E-state index in [1.54, 1.807) is 6.92 Å². The van der Waals surface area contributed by atoms with Crippen molar-refractivity contribution in [1.82, 2.24) is 10.2 Å². The molecule has 1 unspecified atom stereocenters. The number of Topliss-reactive ketones (excluding diaryl/α,β-unsaturated/α-hetero) is 1. The van der Waals surface area contributed by atoms with E-state index in [0.29, 0.717) is 17.7 Å². The lowest BCUT2D eigenvalue weighted by molar-refractivity contribution is -0.117. The number of nitrogens with one attached hydrogen (secondary N) is 1. The second kappa shape index (κ2) is 3.39. The number of carbonyl (C=O) groups excluding carboxylic acids is 1. The number of nitrogens with zero attached hydrogens (tertiary/aromatic N) is 1. The first kappa shape index (κ1) is 9.16. The highest BCUT2D eigenvalue weighted by atomic mass is 16.1. The van der Waals surface area contributed by atoms with Crippen molar-refractivity contribution in [3.05, 3.63) is 0 Å². The van der Waals surface area contributed by atoms with Crippen molar-refractivity contribution in [3.63, 3.8) is 0 Å². The maximum absolute atomic E-state index is 10.9. The van der Waals surface area contributed by atoms with Gasteiger partial charge in [-0.1, -0.05) is 0 Å². The van der Waals surface area contributed by atoms with Gasteiger partial charge in [0.15, 0.2) is 0 Å². The highest BCUT2D eigenvalue weighted by Gasteiger charge is 2.40. The second-order valence-corrected chi connectivity index (χ2v) is 4.59. The first-order chi connectivity index (χ1) is 6.20. The van der Waals surface area contributed by atoms with E-state index in [1.807, 2.05) is 0 Å². The van der Waals surface area contributed by atoms with Crippen LogP contribution in [0, 0.1) is 5.41 Å². The fraction of sp³-hybridized carbons (Fsp3) is 0.900. The summed E-state index contributed by atoms with van der Waals surface area (Å²) in [5.41, 5.74) is 0.509. The SMILES string of the molecule is CC(=O)CN1CCC2(CCNC2)C1. The van der Waals surface area contributed by atoms with E-state index in [9.17, 15) is 4.79 Å². The molecule has 0 saturated carbocycles. The number of carbonyl (C=O) groups is 1. The molecule has 0 aromatic rings. The van der Waals surface area contributed by atoms with Crippen molar-refractivity contribution >= 4 is 5.78 Å². The van der Waals surface area contributed by atoms with Crippen LogP contribution in [0.3, 0.4) is 0 Å². The van der Waals surface area contributed by atoms with Gasteiger partial charge >= 0.3 is 0 Å². The number of likely N-dealkylation sites (tertiary alicyclic amines) is 1. The molecule has 3 heteroatoms. The standard InChI is InChI=1S/C10H18N2O/c1-9(13)6-12-5-3-10(8-12)2-4-11-7-10/h11H,2-8H2,1H3. The van der Waals surface area contributed by atoms with Crippen LogP contribution < -0.4 is 5.32 Å². The lowest BCUT2D eigenvalue weighted by atomic mass is 9.87. The fourth-order valence-electron chi connectivity index (χ4n) is 2.62. The molecule has 2 aliphatic rings. The summed E-state index contributed by atoms with van der Waals surface area (Å²) in [5, 5.41) is 3.42. The van der Waals surface area contributed by atoms with E-state index >= 15 is 0 Å². The molecule has 13 heavy (non-hydrogen) atoms. The zero-order valence-electron chi connectivity index (χ0n) is 8.31. The predicted molar refractivity (Wildman–Crippen MR) is 51.7 cm³/mol. The molecule has 3 nitrogen and oxygen atoms in total. The van der Waals surface area contributed by atoms with Gasteiger partial charge in [-0.25, -0.2) is 0 Å². The largest absolute Gasteiger partial charge is 0.316 e. The predicted octanol–water partition coefficient (Wildman–Crippen LogP) is 0.261. The molecule has 0 aliphatic carbocycles. The molecular weight excluding hydrogens is 164 g/mol. The van der Waals surface area contributed by atoms with Crippen LogP contribution in [-0.2, 0) is 4.79 Å². The monoisotopic (exact) mass is 182 g/mol. The number of hydrogen-bond donors (Lipinski definition) is 1. The van der Waals surface area contributed by atoms with Crippen molar-refractivity contribution in [2.75, 3.05) is 32.7 Å². The van der Waals surface area contributed by atoms with Crippen LogP contribution in [0.4, 0.5) is 0 Å². The van der Waals surface area contributed by atoms with Gasteiger partial charge in [-0.05, 0) is 38.3 Å². The summed E-state index contributed by atoms with van der Waals surface area (Å²) >= 11 is 0. The Kier molecular flexibility index (Phi) is 2.39. The molecule has 0 aromatic carbocycles. The minimum absolute atomic E-state index is 0.294. The van der Waals surface area contributed by atoms with Crippen molar-refractivity contribution in [2.45, 2.75) is 19.8 Å². The topological polar surface area (TPSA) is 32.3 Å². The summed E-state index contributed by atoms with van der Waals surface area (Å²) in [6.45, 7) is 6.88. The van der Waals surface area contributed by atoms with E-state index in [1.165, 1.54) is 12.8 Å². The Morgan fingerprint density at radius 3 is 3.00 bits per heavy atom. The van der Waals surface area contributed by atoms with Gasteiger partial charge in [-0.3, -0.25) is 9.69 Å². The van der Waals surface area contributed by atoms with Crippen molar-refractivity contribution in [2.24, 2.45) is 5.41 Å².